The van der Waals surface area contributed by atoms with Crippen molar-refractivity contribution in [3.05, 3.63) is 34.9 Å². The van der Waals surface area contributed by atoms with Crippen LogP contribution in [0, 0.1) is 12.3 Å². The molecule has 1 nitrogen and oxygen atoms in total. The monoisotopic (exact) mass is 221 g/mol. The molecule has 80 valence electrons. The van der Waals surface area contributed by atoms with E-state index in [1.54, 1.807) is 0 Å². The predicted molar refractivity (Wildman–Crippen MR) is 65.9 cm³/mol. The van der Waals surface area contributed by atoms with Crippen molar-refractivity contribution in [2.45, 2.75) is 25.8 Å². The van der Waals surface area contributed by atoms with E-state index in [-0.39, 0.29) is 6.04 Å². The number of nitrogens with one attached hydrogen (secondary N) is 1. The number of terminal acetylenes is 1. The Hall–Kier alpha value is -0.970. The second-order valence-corrected chi connectivity index (χ2v) is 3.84. The fraction of sp³-hybridized carbons (Fsp3) is 0.385. The van der Waals surface area contributed by atoms with Crippen LogP contribution in [0.1, 0.15) is 31.4 Å². The maximum absolute atomic E-state index is 6.13. The van der Waals surface area contributed by atoms with E-state index in [2.05, 4.69) is 18.2 Å². The fourth-order valence-corrected chi connectivity index (χ4v) is 1.75. The maximum atomic E-state index is 6.13. The highest BCUT2D eigenvalue weighted by molar-refractivity contribution is 6.31. The van der Waals surface area contributed by atoms with Crippen molar-refractivity contribution in [2.24, 2.45) is 0 Å². The van der Waals surface area contributed by atoms with Gasteiger partial charge in [-0.15, -0.1) is 12.3 Å². The molecule has 0 bridgehead atoms. The van der Waals surface area contributed by atoms with Crippen LogP contribution in [0.25, 0.3) is 0 Å². The summed E-state index contributed by atoms with van der Waals surface area (Å²) in [6.07, 6.45) is 7.11. The zero-order valence-corrected chi connectivity index (χ0v) is 9.72. The Morgan fingerprint density at radius 1 is 1.47 bits per heavy atom. The minimum Gasteiger partial charge on any atom is -0.309 e. The highest BCUT2D eigenvalue weighted by atomic mass is 35.5. The molecule has 1 rings (SSSR count). The summed E-state index contributed by atoms with van der Waals surface area (Å²) in [5, 5.41) is 4.18. The molecule has 0 aliphatic rings. The molecule has 0 radical (unpaired) electrons. The molecule has 1 unspecified atom stereocenters. The molecule has 0 amide bonds. The molecule has 15 heavy (non-hydrogen) atoms. The van der Waals surface area contributed by atoms with E-state index in [0.717, 1.165) is 23.6 Å². The SMILES string of the molecule is C#CCC(NCCC)c1ccccc1Cl. The van der Waals surface area contributed by atoms with Gasteiger partial charge in [-0.3, -0.25) is 0 Å². The Balaban J connectivity index is 2.79. The van der Waals surface area contributed by atoms with E-state index in [4.69, 9.17) is 18.0 Å². The first-order chi connectivity index (χ1) is 7.29. The van der Waals surface area contributed by atoms with Crippen LogP contribution in [-0.4, -0.2) is 6.54 Å². The molecular formula is C13H16ClN. The predicted octanol–water partition coefficient (Wildman–Crippen LogP) is 3.40. The number of rotatable bonds is 5. The molecule has 0 aromatic heterocycles. The van der Waals surface area contributed by atoms with Gasteiger partial charge in [0, 0.05) is 17.5 Å². The van der Waals surface area contributed by atoms with Crippen LogP contribution in [0.2, 0.25) is 5.02 Å². The molecule has 1 atom stereocenters. The van der Waals surface area contributed by atoms with Gasteiger partial charge in [-0.05, 0) is 24.6 Å². The van der Waals surface area contributed by atoms with Crippen LogP contribution in [0.15, 0.2) is 24.3 Å². The van der Waals surface area contributed by atoms with E-state index in [1.165, 1.54) is 0 Å². The highest BCUT2D eigenvalue weighted by Crippen LogP contribution is 2.24. The lowest BCUT2D eigenvalue weighted by Gasteiger charge is -2.17. The Labute approximate surface area is 96.8 Å². The van der Waals surface area contributed by atoms with Crippen molar-refractivity contribution in [1.82, 2.24) is 5.32 Å². The van der Waals surface area contributed by atoms with E-state index in [1.807, 2.05) is 24.3 Å². The zero-order chi connectivity index (χ0) is 11.1. The topological polar surface area (TPSA) is 12.0 Å². The molecule has 0 fully saturated rings. The largest absolute Gasteiger partial charge is 0.309 e. The Morgan fingerprint density at radius 2 is 2.20 bits per heavy atom. The molecule has 0 heterocycles. The molecule has 0 aliphatic carbocycles. The van der Waals surface area contributed by atoms with Gasteiger partial charge in [-0.2, -0.15) is 0 Å². The second-order valence-electron chi connectivity index (χ2n) is 3.44. The molecule has 0 aliphatic heterocycles. The molecule has 1 N–H and O–H groups in total. The molecule has 1 aromatic rings. The third-order valence-electron chi connectivity index (χ3n) is 2.24. The van der Waals surface area contributed by atoms with Gasteiger partial charge < -0.3 is 5.32 Å². The molecule has 2 heteroatoms. The first kappa shape index (κ1) is 12.1. The van der Waals surface area contributed by atoms with Gasteiger partial charge >= 0.3 is 0 Å². The van der Waals surface area contributed by atoms with E-state index in [9.17, 15) is 0 Å². The van der Waals surface area contributed by atoms with Crippen LogP contribution < -0.4 is 5.32 Å². The fourth-order valence-electron chi connectivity index (χ4n) is 1.49. The van der Waals surface area contributed by atoms with Crippen molar-refractivity contribution in [3.8, 4) is 12.3 Å². The summed E-state index contributed by atoms with van der Waals surface area (Å²) in [5.74, 6) is 2.68. The highest BCUT2D eigenvalue weighted by Gasteiger charge is 2.11. The van der Waals surface area contributed by atoms with E-state index < -0.39 is 0 Å². The van der Waals surface area contributed by atoms with Crippen molar-refractivity contribution in [3.63, 3.8) is 0 Å². The van der Waals surface area contributed by atoms with Crippen LogP contribution in [0.5, 0.6) is 0 Å². The first-order valence-electron chi connectivity index (χ1n) is 5.20. The van der Waals surface area contributed by atoms with Gasteiger partial charge in [0.1, 0.15) is 0 Å². The van der Waals surface area contributed by atoms with Crippen LogP contribution in [0.3, 0.4) is 0 Å². The number of halogens is 1. The van der Waals surface area contributed by atoms with Gasteiger partial charge in [-0.25, -0.2) is 0 Å². The maximum Gasteiger partial charge on any atom is 0.0454 e. The molecular weight excluding hydrogens is 206 g/mol. The third kappa shape index (κ3) is 3.58. The summed E-state index contributed by atoms with van der Waals surface area (Å²) in [6, 6.07) is 8.00. The minimum atomic E-state index is 0.170. The summed E-state index contributed by atoms with van der Waals surface area (Å²) in [4.78, 5) is 0. The second kappa shape index (κ2) is 6.50. The van der Waals surface area contributed by atoms with Gasteiger partial charge in [0.2, 0.25) is 0 Å². The van der Waals surface area contributed by atoms with Gasteiger partial charge in [0.25, 0.3) is 0 Å². The average Bonchev–Trinajstić information content (AvgIpc) is 2.25. The van der Waals surface area contributed by atoms with Crippen LogP contribution >= 0.6 is 11.6 Å². The van der Waals surface area contributed by atoms with Crippen LogP contribution in [-0.2, 0) is 0 Å². The van der Waals surface area contributed by atoms with Gasteiger partial charge in [0.15, 0.2) is 0 Å². The number of benzene rings is 1. The quantitative estimate of drug-likeness (QED) is 0.752. The summed E-state index contributed by atoms with van der Waals surface area (Å²) in [6.45, 7) is 3.09. The normalized spacial score (nSPS) is 12.1. The van der Waals surface area contributed by atoms with Crippen molar-refractivity contribution < 1.29 is 0 Å². The lowest BCUT2D eigenvalue weighted by molar-refractivity contribution is 0.543. The minimum absolute atomic E-state index is 0.170. The number of hydrogen-bond donors (Lipinski definition) is 1. The molecule has 0 spiro atoms. The zero-order valence-electron chi connectivity index (χ0n) is 8.96. The van der Waals surface area contributed by atoms with Crippen molar-refractivity contribution >= 4 is 11.6 Å². The van der Waals surface area contributed by atoms with Crippen LogP contribution in [0.4, 0.5) is 0 Å². The lowest BCUT2D eigenvalue weighted by atomic mass is 10.0. The average molecular weight is 222 g/mol. The molecule has 0 saturated carbocycles. The standard InChI is InChI=1S/C13H16ClN/c1-3-7-13(15-10-4-2)11-8-5-6-9-12(11)14/h1,5-6,8-9,13,15H,4,7,10H2,2H3. The summed E-state index contributed by atoms with van der Waals surface area (Å²) in [5.41, 5.74) is 1.09. The first-order valence-corrected chi connectivity index (χ1v) is 5.58. The molecule has 0 saturated heterocycles. The smallest absolute Gasteiger partial charge is 0.0454 e. The molecule has 1 aromatic carbocycles. The van der Waals surface area contributed by atoms with Crippen molar-refractivity contribution in [1.29, 1.82) is 0 Å². The van der Waals surface area contributed by atoms with Gasteiger partial charge in [-0.1, -0.05) is 36.7 Å². The summed E-state index contributed by atoms with van der Waals surface area (Å²) < 4.78 is 0. The third-order valence-corrected chi connectivity index (χ3v) is 2.59. The number of hydrogen-bond acceptors (Lipinski definition) is 1. The summed E-state index contributed by atoms with van der Waals surface area (Å²) in [7, 11) is 0. The Bertz CT molecular complexity index is 341. The van der Waals surface area contributed by atoms with E-state index in [0.29, 0.717) is 6.42 Å². The van der Waals surface area contributed by atoms with E-state index >= 15 is 0 Å². The van der Waals surface area contributed by atoms with Crippen molar-refractivity contribution in [2.75, 3.05) is 6.54 Å². The summed E-state index contributed by atoms with van der Waals surface area (Å²) >= 11 is 6.13. The van der Waals surface area contributed by atoms with Gasteiger partial charge in [0.05, 0.1) is 0 Å². The Morgan fingerprint density at radius 3 is 2.80 bits per heavy atom. The lowest BCUT2D eigenvalue weighted by Crippen LogP contribution is -2.22. The Kier molecular flexibility index (Phi) is 5.25.